The molecule has 0 bridgehead atoms. The highest BCUT2D eigenvalue weighted by Gasteiger charge is 2.26. The Hall–Kier alpha value is -1.83. The number of rotatable bonds is 3. The van der Waals surface area contributed by atoms with Crippen molar-refractivity contribution in [1.82, 2.24) is 0 Å². The predicted molar refractivity (Wildman–Crippen MR) is 97.3 cm³/mol. The number of nitrogens with zero attached hydrogens (tertiary/aromatic N) is 1. The summed E-state index contributed by atoms with van der Waals surface area (Å²) in [4.78, 5) is 2.10. The molecule has 0 aliphatic heterocycles. The van der Waals surface area contributed by atoms with Crippen LogP contribution in [-0.2, 0) is 0 Å². The molecule has 0 aromatic heterocycles. The van der Waals surface area contributed by atoms with Gasteiger partial charge in [-0.15, -0.1) is 0 Å². The molecule has 1 atom stereocenters. The summed E-state index contributed by atoms with van der Waals surface area (Å²) in [6.07, 6.45) is 4.55. The van der Waals surface area contributed by atoms with Crippen LogP contribution in [-0.4, -0.2) is 19.8 Å². The molecular formula is C20H28N2. The minimum Gasteiger partial charge on any atom is -0.378 e. The molecule has 1 aliphatic rings. The third-order valence-electron chi connectivity index (χ3n) is 4.28. The summed E-state index contributed by atoms with van der Waals surface area (Å²) in [6, 6.07) is 6.52. The van der Waals surface area contributed by atoms with Crippen molar-refractivity contribution >= 4 is 11.4 Å². The van der Waals surface area contributed by atoms with Gasteiger partial charge in [0, 0.05) is 42.4 Å². The Kier molecular flexibility index (Phi) is 4.32. The van der Waals surface area contributed by atoms with Crippen molar-refractivity contribution in [3.05, 3.63) is 52.6 Å². The van der Waals surface area contributed by atoms with Gasteiger partial charge in [0.05, 0.1) is 0 Å². The Morgan fingerprint density at radius 1 is 1.14 bits per heavy atom. The quantitative estimate of drug-likeness (QED) is 0.767. The van der Waals surface area contributed by atoms with Crippen molar-refractivity contribution in [2.75, 3.05) is 19.0 Å². The first kappa shape index (κ1) is 16.5. The number of benzene rings is 1. The second-order valence-electron chi connectivity index (χ2n) is 7.57. The van der Waals surface area contributed by atoms with Gasteiger partial charge >= 0.3 is 0 Å². The van der Waals surface area contributed by atoms with Gasteiger partial charge in [-0.05, 0) is 31.5 Å². The number of nitrogens with one attached hydrogen (secondary N) is 1. The van der Waals surface area contributed by atoms with Gasteiger partial charge in [0.2, 0.25) is 0 Å². The summed E-state index contributed by atoms with van der Waals surface area (Å²) >= 11 is 0. The van der Waals surface area contributed by atoms with Gasteiger partial charge in [-0.3, -0.25) is 0 Å². The molecule has 0 heterocycles. The van der Waals surface area contributed by atoms with Crippen LogP contribution in [0.25, 0.3) is 0 Å². The second-order valence-corrected chi connectivity index (χ2v) is 7.57. The molecule has 2 nitrogen and oxygen atoms in total. The molecule has 1 aliphatic carbocycles. The lowest BCUT2D eigenvalue weighted by molar-refractivity contribution is 0.588. The van der Waals surface area contributed by atoms with E-state index in [2.05, 4.69) is 69.9 Å². The van der Waals surface area contributed by atoms with E-state index in [1.54, 1.807) is 0 Å². The third kappa shape index (κ3) is 3.16. The first-order valence-electron chi connectivity index (χ1n) is 7.88. The molecule has 1 aromatic carbocycles. The van der Waals surface area contributed by atoms with E-state index in [9.17, 15) is 0 Å². The van der Waals surface area contributed by atoms with Crippen LogP contribution in [0.4, 0.5) is 5.69 Å². The number of hydrogen-bond acceptors (Lipinski definition) is 2. The van der Waals surface area contributed by atoms with Gasteiger partial charge < -0.3 is 10.3 Å². The van der Waals surface area contributed by atoms with Crippen molar-refractivity contribution in [3.8, 4) is 0 Å². The summed E-state index contributed by atoms with van der Waals surface area (Å²) in [5.41, 5.74) is 6.68. The van der Waals surface area contributed by atoms with Crippen LogP contribution in [0.2, 0.25) is 0 Å². The van der Waals surface area contributed by atoms with Crippen LogP contribution in [0.1, 0.15) is 51.7 Å². The minimum absolute atomic E-state index is 0.158. The minimum atomic E-state index is -0.158. The lowest BCUT2D eigenvalue weighted by Gasteiger charge is -2.26. The topological polar surface area (TPSA) is 27.1 Å². The monoisotopic (exact) mass is 296 g/mol. The number of anilines is 1. The van der Waals surface area contributed by atoms with Gasteiger partial charge in [0.1, 0.15) is 0 Å². The molecular weight excluding hydrogens is 268 g/mol. The van der Waals surface area contributed by atoms with E-state index >= 15 is 0 Å². The van der Waals surface area contributed by atoms with Crippen LogP contribution in [0.3, 0.4) is 0 Å². The molecule has 0 saturated heterocycles. The van der Waals surface area contributed by atoms with Crippen molar-refractivity contribution in [3.63, 3.8) is 0 Å². The van der Waals surface area contributed by atoms with Gasteiger partial charge in [-0.25, -0.2) is 0 Å². The normalized spacial score (nSPS) is 18.0. The van der Waals surface area contributed by atoms with E-state index in [1.807, 2.05) is 14.1 Å². The SMILES string of the molecule is CC1=CC(c2ccc(N(C)C)cc2C(=N)C(C)(C)C)C(C)=C1. The van der Waals surface area contributed by atoms with Crippen molar-refractivity contribution in [2.45, 2.75) is 40.5 Å². The molecule has 0 radical (unpaired) electrons. The Balaban J connectivity index is 2.60. The summed E-state index contributed by atoms with van der Waals surface area (Å²) in [6.45, 7) is 10.7. The largest absolute Gasteiger partial charge is 0.378 e. The highest BCUT2D eigenvalue weighted by molar-refractivity contribution is 6.04. The molecule has 1 N–H and O–H groups in total. The molecule has 0 spiro atoms. The molecule has 0 amide bonds. The molecule has 22 heavy (non-hydrogen) atoms. The predicted octanol–water partition coefficient (Wildman–Crippen LogP) is 5.16. The molecule has 0 saturated carbocycles. The van der Waals surface area contributed by atoms with Crippen LogP contribution in [0.15, 0.2) is 41.5 Å². The maximum atomic E-state index is 8.68. The highest BCUT2D eigenvalue weighted by atomic mass is 15.1. The Bertz CT molecular complexity index is 655. The van der Waals surface area contributed by atoms with Crippen LogP contribution in [0.5, 0.6) is 0 Å². The summed E-state index contributed by atoms with van der Waals surface area (Å²) in [5, 5.41) is 8.68. The second kappa shape index (κ2) is 5.75. The van der Waals surface area contributed by atoms with Crippen LogP contribution in [0, 0.1) is 10.8 Å². The number of hydrogen-bond donors (Lipinski definition) is 1. The van der Waals surface area contributed by atoms with Gasteiger partial charge in [0.25, 0.3) is 0 Å². The van der Waals surface area contributed by atoms with E-state index < -0.39 is 0 Å². The van der Waals surface area contributed by atoms with E-state index in [4.69, 9.17) is 5.41 Å². The lowest BCUT2D eigenvalue weighted by Crippen LogP contribution is -2.23. The summed E-state index contributed by atoms with van der Waals surface area (Å²) < 4.78 is 0. The summed E-state index contributed by atoms with van der Waals surface area (Å²) in [5.74, 6) is 0.300. The maximum absolute atomic E-state index is 8.68. The van der Waals surface area contributed by atoms with Crippen molar-refractivity contribution < 1.29 is 0 Å². The first-order valence-corrected chi connectivity index (χ1v) is 7.88. The highest BCUT2D eigenvalue weighted by Crippen LogP contribution is 2.37. The number of allylic oxidation sites excluding steroid dienone is 4. The average Bonchev–Trinajstić information content (AvgIpc) is 2.75. The van der Waals surface area contributed by atoms with Crippen molar-refractivity contribution in [1.29, 1.82) is 5.41 Å². The molecule has 118 valence electrons. The fraction of sp³-hybridized carbons (Fsp3) is 0.450. The molecule has 2 heteroatoms. The van der Waals surface area contributed by atoms with Crippen LogP contribution < -0.4 is 4.90 Å². The Morgan fingerprint density at radius 3 is 2.23 bits per heavy atom. The first-order chi connectivity index (χ1) is 10.1. The zero-order valence-corrected chi connectivity index (χ0v) is 14.9. The van der Waals surface area contributed by atoms with E-state index in [0.717, 1.165) is 11.3 Å². The lowest BCUT2D eigenvalue weighted by atomic mass is 9.80. The Labute approximate surface area is 135 Å². The fourth-order valence-corrected chi connectivity index (χ4v) is 2.94. The fourth-order valence-electron chi connectivity index (χ4n) is 2.94. The molecule has 1 unspecified atom stereocenters. The standard InChI is InChI=1S/C20H28N2/c1-13-10-14(2)17(11-13)16-9-8-15(22(6)7)12-18(16)19(21)20(3,4)5/h8-12,17,21H,1-7H3. The third-order valence-corrected chi connectivity index (χ3v) is 4.28. The molecule has 1 aromatic rings. The van der Waals surface area contributed by atoms with Crippen molar-refractivity contribution in [2.24, 2.45) is 5.41 Å². The Morgan fingerprint density at radius 2 is 1.77 bits per heavy atom. The van der Waals surface area contributed by atoms with Gasteiger partial charge in [-0.1, -0.05) is 50.1 Å². The zero-order chi connectivity index (χ0) is 16.7. The van der Waals surface area contributed by atoms with E-state index in [-0.39, 0.29) is 5.41 Å². The average molecular weight is 296 g/mol. The van der Waals surface area contributed by atoms with Gasteiger partial charge in [-0.2, -0.15) is 0 Å². The molecule has 2 rings (SSSR count). The molecule has 0 fully saturated rings. The van der Waals surface area contributed by atoms with E-state index in [0.29, 0.717) is 11.6 Å². The zero-order valence-electron chi connectivity index (χ0n) is 14.9. The maximum Gasteiger partial charge on any atom is 0.0443 e. The smallest absolute Gasteiger partial charge is 0.0443 e. The van der Waals surface area contributed by atoms with E-state index in [1.165, 1.54) is 16.7 Å². The van der Waals surface area contributed by atoms with Crippen LogP contribution >= 0.6 is 0 Å². The van der Waals surface area contributed by atoms with Gasteiger partial charge in [0.15, 0.2) is 0 Å². The summed E-state index contributed by atoms with van der Waals surface area (Å²) in [7, 11) is 4.09.